The number of amides is 1. The summed E-state index contributed by atoms with van der Waals surface area (Å²) in [4.78, 5) is 25.6. The maximum atomic E-state index is 14.5. The zero-order chi connectivity index (χ0) is 28.0. The molecule has 0 N–H and O–H groups in total. The van der Waals surface area contributed by atoms with Crippen molar-refractivity contribution in [1.82, 2.24) is 15.1 Å². The standard InChI is InChI=1S/C33H39FN4O2/c1-22-8-9-25(35-17-22)23-6-5-7-24(16-23)38(28(39)32-18-33(34,19-32)20-32)21-30-10-13-31(14-11-30,15-12-30)27-36-26(37-40-27)29(2,3)4/h5-9,16-17H,10-15,18-21H2,1-4H3. The number of hydrogen-bond acceptors (Lipinski definition) is 5. The van der Waals surface area contributed by atoms with Gasteiger partial charge in [-0.15, -0.1) is 0 Å². The van der Waals surface area contributed by atoms with Gasteiger partial charge < -0.3 is 9.42 Å². The number of anilines is 1. The maximum absolute atomic E-state index is 14.5. The van der Waals surface area contributed by atoms with Gasteiger partial charge >= 0.3 is 0 Å². The number of nitrogens with zero attached hydrogens (tertiary/aromatic N) is 4. The molecule has 2 aromatic heterocycles. The van der Waals surface area contributed by atoms with Crippen LogP contribution in [0.25, 0.3) is 11.3 Å². The molecule has 2 heterocycles. The molecule has 9 rings (SSSR count). The number of pyridine rings is 1. The minimum absolute atomic E-state index is 0.0410. The summed E-state index contributed by atoms with van der Waals surface area (Å²) >= 11 is 0. The minimum Gasteiger partial charge on any atom is -0.339 e. The van der Waals surface area contributed by atoms with Crippen molar-refractivity contribution in [3.63, 3.8) is 0 Å². The van der Waals surface area contributed by atoms with Crippen molar-refractivity contribution in [2.75, 3.05) is 11.4 Å². The molecule has 4 bridgehead atoms. The molecule has 6 nitrogen and oxygen atoms in total. The molecule has 6 fully saturated rings. The Morgan fingerprint density at radius 3 is 2.30 bits per heavy atom. The largest absolute Gasteiger partial charge is 0.339 e. The zero-order valence-corrected chi connectivity index (χ0v) is 24.1. The second-order valence-electron chi connectivity index (χ2n) is 14.6. The highest BCUT2D eigenvalue weighted by Crippen LogP contribution is 2.70. The quantitative estimate of drug-likeness (QED) is 0.328. The molecular weight excluding hydrogens is 503 g/mol. The lowest BCUT2D eigenvalue weighted by molar-refractivity contribution is -0.211. The van der Waals surface area contributed by atoms with E-state index in [1.54, 1.807) is 0 Å². The Labute approximate surface area is 235 Å². The van der Waals surface area contributed by atoms with Gasteiger partial charge in [-0.05, 0) is 93.9 Å². The number of aromatic nitrogens is 3. The first-order valence-corrected chi connectivity index (χ1v) is 14.8. The summed E-state index contributed by atoms with van der Waals surface area (Å²) in [6.07, 6.45) is 9.02. The SMILES string of the molecule is Cc1ccc(-c2cccc(N(CC34CCC(c5nc(C(C)(C)C)no5)(CC3)CC4)C(=O)C34CC(F)(C3)C4)c2)nc1. The molecular formula is C33H39FN4O2. The fraction of sp³-hybridized carbons (Fsp3) is 0.576. The number of hydrogen-bond donors (Lipinski definition) is 0. The van der Waals surface area contributed by atoms with Crippen molar-refractivity contribution < 1.29 is 13.7 Å². The van der Waals surface area contributed by atoms with Crippen LogP contribution in [0.5, 0.6) is 0 Å². The maximum Gasteiger partial charge on any atom is 0.233 e. The zero-order valence-electron chi connectivity index (χ0n) is 24.1. The fourth-order valence-corrected chi connectivity index (χ4v) is 7.83. The molecule has 6 saturated carbocycles. The first-order chi connectivity index (χ1) is 18.9. The van der Waals surface area contributed by atoms with Gasteiger partial charge in [0.25, 0.3) is 0 Å². The van der Waals surface area contributed by atoms with Crippen molar-refractivity contribution in [3.8, 4) is 11.3 Å². The molecule has 0 atom stereocenters. The third-order valence-corrected chi connectivity index (χ3v) is 10.5. The van der Waals surface area contributed by atoms with Crippen molar-refractivity contribution in [3.05, 3.63) is 59.9 Å². The van der Waals surface area contributed by atoms with E-state index in [1.807, 2.05) is 42.3 Å². The highest BCUT2D eigenvalue weighted by molar-refractivity contribution is 6.00. The Kier molecular flexibility index (Phi) is 5.47. The summed E-state index contributed by atoms with van der Waals surface area (Å²) in [5.74, 6) is 1.66. The Balaban J connectivity index is 1.16. The fourth-order valence-electron chi connectivity index (χ4n) is 7.83. The Morgan fingerprint density at radius 2 is 1.73 bits per heavy atom. The second kappa shape index (κ2) is 8.46. The van der Waals surface area contributed by atoms with Crippen LogP contribution >= 0.6 is 0 Å². The van der Waals surface area contributed by atoms with Gasteiger partial charge in [-0.3, -0.25) is 9.78 Å². The van der Waals surface area contributed by atoms with E-state index in [9.17, 15) is 9.18 Å². The van der Waals surface area contributed by atoms with Gasteiger partial charge in [0.1, 0.15) is 5.67 Å². The van der Waals surface area contributed by atoms with Crippen molar-refractivity contribution in [1.29, 1.82) is 0 Å². The van der Waals surface area contributed by atoms with Crippen molar-refractivity contribution >= 4 is 11.6 Å². The van der Waals surface area contributed by atoms with E-state index in [0.717, 1.165) is 72.7 Å². The highest BCUT2D eigenvalue weighted by atomic mass is 19.1. The average molecular weight is 543 g/mol. The van der Waals surface area contributed by atoms with E-state index in [-0.39, 0.29) is 22.2 Å². The molecule has 0 radical (unpaired) electrons. The Hall–Kier alpha value is -3.09. The van der Waals surface area contributed by atoms with E-state index >= 15 is 0 Å². The van der Waals surface area contributed by atoms with Gasteiger partial charge in [0.15, 0.2) is 5.82 Å². The van der Waals surface area contributed by atoms with Gasteiger partial charge in [-0.25, -0.2) is 4.39 Å². The van der Waals surface area contributed by atoms with Crippen LogP contribution in [0, 0.1) is 17.8 Å². The monoisotopic (exact) mass is 542 g/mol. The number of alkyl halides is 1. The third kappa shape index (κ3) is 4.02. The number of halogens is 1. The van der Waals surface area contributed by atoms with Crippen LogP contribution in [0.15, 0.2) is 47.1 Å². The first-order valence-electron chi connectivity index (χ1n) is 14.8. The summed E-state index contributed by atoms with van der Waals surface area (Å²) in [6, 6.07) is 12.3. The number of fused-ring (bicyclic) bond motifs is 3. The van der Waals surface area contributed by atoms with Gasteiger partial charge in [0.05, 0.1) is 11.1 Å². The van der Waals surface area contributed by atoms with E-state index in [4.69, 9.17) is 9.51 Å². The lowest BCUT2D eigenvalue weighted by Gasteiger charge is -2.65. The molecule has 40 heavy (non-hydrogen) atoms. The van der Waals surface area contributed by atoms with E-state index in [0.29, 0.717) is 25.8 Å². The molecule has 0 spiro atoms. The predicted octanol–water partition coefficient (Wildman–Crippen LogP) is 7.25. The van der Waals surface area contributed by atoms with Crippen LogP contribution in [0.1, 0.15) is 95.8 Å². The topological polar surface area (TPSA) is 72.1 Å². The number of carbonyl (C=O) groups excluding carboxylic acids is 1. The van der Waals surface area contributed by atoms with Crippen LogP contribution < -0.4 is 4.90 Å². The van der Waals surface area contributed by atoms with Crippen LogP contribution in [0.2, 0.25) is 0 Å². The van der Waals surface area contributed by atoms with Crippen molar-refractivity contribution in [2.24, 2.45) is 10.8 Å². The van der Waals surface area contributed by atoms with Crippen LogP contribution in [-0.2, 0) is 15.6 Å². The van der Waals surface area contributed by atoms with Gasteiger partial charge in [0, 0.05) is 34.8 Å². The lowest BCUT2D eigenvalue weighted by atomic mass is 9.41. The molecule has 3 aromatic rings. The van der Waals surface area contributed by atoms with Crippen LogP contribution in [-0.4, -0.2) is 33.2 Å². The number of rotatable bonds is 6. The normalized spacial score (nSPS) is 32.3. The molecule has 0 unspecified atom stereocenters. The Morgan fingerprint density at radius 1 is 1.02 bits per heavy atom. The van der Waals surface area contributed by atoms with Crippen molar-refractivity contribution in [2.45, 2.75) is 102 Å². The number of aryl methyl sites for hydroxylation is 1. The van der Waals surface area contributed by atoms with E-state index in [1.165, 1.54) is 0 Å². The molecule has 0 saturated heterocycles. The summed E-state index contributed by atoms with van der Waals surface area (Å²) in [5, 5.41) is 4.32. The summed E-state index contributed by atoms with van der Waals surface area (Å²) in [5.41, 5.74) is 2.09. The third-order valence-electron chi connectivity index (χ3n) is 10.5. The smallest absolute Gasteiger partial charge is 0.233 e. The minimum atomic E-state index is -1.11. The Bertz CT molecular complexity index is 1430. The average Bonchev–Trinajstić information content (AvgIpc) is 3.43. The van der Waals surface area contributed by atoms with E-state index < -0.39 is 11.1 Å². The summed E-state index contributed by atoms with van der Waals surface area (Å²) < 4.78 is 20.4. The number of carbonyl (C=O) groups is 1. The van der Waals surface area contributed by atoms with Gasteiger partial charge in [0.2, 0.25) is 11.8 Å². The molecule has 7 heteroatoms. The molecule has 210 valence electrons. The molecule has 6 aliphatic rings. The highest BCUT2D eigenvalue weighted by Gasteiger charge is 2.73. The lowest BCUT2D eigenvalue weighted by Crippen LogP contribution is -2.71. The molecule has 1 aromatic carbocycles. The first kappa shape index (κ1) is 25.8. The van der Waals surface area contributed by atoms with Crippen LogP contribution in [0.3, 0.4) is 0 Å². The number of benzene rings is 1. The summed E-state index contributed by atoms with van der Waals surface area (Å²) in [6.45, 7) is 9.03. The summed E-state index contributed by atoms with van der Waals surface area (Å²) in [7, 11) is 0. The second-order valence-corrected chi connectivity index (χ2v) is 14.6. The predicted molar refractivity (Wildman–Crippen MR) is 152 cm³/mol. The molecule has 1 amide bonds. The molecule has 6 aliphatic carbocycles. The van der Waals surface area contributed by atoms with Gasteiger partial charge in [-0.1, -0.05) is 44.1 Å². The van der Waals surface area contributed by atoms with Gasteiger partial charge in [-0.2, -0.15) is 4.98 Å². The molecule has 0 aliphatic heterocycles. The van der Waals surface area contributed by atoms with Crippen LogP contribution in [0.4, 0.5) is 10.1 Å². The van der Waals surface area contributed by atoms with E-state index in [2.05, 4.69) is 43.0 Å².